The van der Waals surface area contributed by atoms with Crippen LogP contribution in [0.15, 0.2) is 34.7 Å². The zero-order valence-electron chi connectivity index (χ0n) is 15.5. The summed E-state index contributed by atoms with van der Waals surface area (Å²) in [5.74, 6) is -3.26. The predicted molar refractivity (Wildman–Crippen MR) is 97.4 cm³/mol. The Kier molecular flexibility index (Phi) is 6.09. The number of aliphatic hydroxyl groups excluding tert-OH is 1. The number of hydrogen-bond donors (Lipinski definition) is 2. The van der Waals surface area contributed by atoms with Gasteiger partial charge in [0.2, 0.25) is 10.9 Å². The molecule has 1 amide bonds. The van der Waals surface area contributed by atoms with Gasteiger partial charge in [0.05, 0.1) is 17.2 Å². The molecule has 0 spiro atoms. The minimum absolute atomic E-state index is 0.0750. The van der Waals surface area contributed by atoms with E-state index in [0.717, 1.165) is 18.2 Å². The number of halogens is 6. The topological polar surface area (TPSA) is 88.3 Å². The highest BCUT2D eigenvalue weighted by Gasteiger charge is 2.41. The van der Waals surface area contributed by atoms with Crippen LogP contribution < -0.4 is 5.32 Å². The molecule has 0 aliphatic heterocycles. The molecule has 1 atom stereocenters. The van der Waals surface area contributed by atoms with Gasteiger partial charge < -0.3 is 9.52 Å². The van der Waals surface area contributed by atoms with Crippen molar-refractivity contribution in [1.29, 1.82) is 0 Å². The highest BCUT2D eigenvalue weighted by Crippen LogP contribution is 2.39. The fourth-order valence-corrected chi connectivity index (χ4v) is 3.17. The molecular formula is C18H13F6N3O3S. The van der Waals surface area contributed by atoms with Crippen LogP contribution in [0.3, 0.4) is 0 Å². The maximum Gasteiger partial charge on any atom is 0.450 e. The number of amides is 1. The van der Waals surface area contributed by atoms with Crippen LogP contribution >= 0.6 is 11.5 Å². The van der Waals surface area contributed by atoms with Crippen molar-refractivity contribution in [2.24, 2.45) is 0 Å². The summed E-state index contributed by atoms with van der Waals surface area (Å²) in [5.41, 5.74) is -2.29. The Morgan fingerprint density at radius 1 is 1.19 bits per heavy atom. The van der Waals surface area contributed by atoms with Crippen molar-refractivity contribution < 1.29 is 40.7 Å². The van der Waals surface area contributed by atoms with Gasteiger partial charge in [-0.3, -0.25) is 10.1 Å². The minimum atomic E-state index is -5.08. The molecule has 0 bridgehead atoms. The van der Waals surface area contributed by atoms with Gasteiger partial charge in [-0.15, -0.1) is 0 Å². The number of benzene rings is 1. The molecule has 0 fully saturated rings. The van der Waals surface area contributed by atoms with Crippen LogP contribution in [0.25, 0.3) is 11.3 Å². The maximum atomic E-state index is 13.4. The molecule has 6 nitrogen and oxygen atoms in total. The number of furan rings is 1. The lowest BCUT2D eigenvalue weighted by atomic mass is 10.1. The van der Waals surface area contributed by atoms with E-state index < -0.39 is 47.0 Å². The quantitative estimate of drug-likeness (QED) is 0.517. The lowest BCUT2D eigenvalue weighted by Gasteiger charge is -2.07. The first-order valence-electron chi connectivity index (χ1n) is 8.55. The molecule has 3 aromatic rings. The van der Waals surface area contributed by atoms with Crippen LogP contribution in [0.5, 0.6) is 0 Å². The molecule has 0 aliphatic rings. The minimum Gasteiger partial charge on any atom is -0.451 e. The van der Waals surface area contributed by atoms with E-state index in [-0.39, 0.29) is 22.9 Å². The summed E-state index contributed by atoms with van der Waals surface area (Å²) >= 11 is 0.695. The first-order chi connectivity index (χ1) is 14.3. The normalized spacial score (nSPS) is 13.3. The fourth-order valence-electron chi connectivity index (χ4n) is 2.58. The van der Waals surface area contributed by atoms with Crippen molar-refractivity contribution in [3.05, 3.63) is 53.0 Å². The van der Waals surface area contributed by atoms with Gasteiger partial charge in [-0.25, -0.2) is 4.98 Å². The first-order valence-corrected chi connectivity index (χ1v) is 9.32. The van der Waals surface area contributed by atoms with Gasteiger partial charge in [-0.1, -0.05) is 12.1 Å². The van der Waals surface area contributed by atoms with Gasteiger partial charge in [0, 0.05) is 23.5 Å². The summed E-state index contributed by atoms with van der Waals surface area (Å²) in [5, 5.41) is 11.3. The van der Waals surface area contributed by atoms with Crippen LogP contribution in [-0.2, 0) is 18.8 Å². The number of carbonyl (C=O) groups is 1. The summed E-state index contributed by atoms with van der Waals surface area (Å²) in [4.78, 5) is 16.3. The third-order valence-electron chi connectivity index (χ3n) is 3.88. The number of aliphatic hydroxyl groups is 1. The largest absolute Gasteiger partial charge is 0.451 e. The molecule has 0 aliphatic carbocycles. The second kappa shape index (κ2) is 8.30. The van der Waals surface area contributed by atoms with E-state index in [2.05, 4.69) is 14.7 Å². The Hall–Kier alpha value is -2.93. The second-order valence-corrected chi connectivity index (χ2v) is 7.20. The zero-order valence-corrected chi connectivity index (χ0v) is 16.3. The highest BCUT2D eigenvalue weighted by molar-refractivity contribution is 7.09. The number of carbonyl (C=O) groups excluding carboxylic acids is 1. The lowest BCUT2D eigenvalue weighted by molar-refractivity contribution is -0.153. The van der Waals surface area contributed by atoms with E-state index in [1.165, 1.54) is 6.92 Å². The van der Waals surface area contributed by atoms with E-state index >= 15 is 0 Å². The molecule has 13 heteroatoms. The van der Waals surface area contributed by atoms with Gasteiger partial charge >= 0.3 is 12.4 Å². The van der Waals surface area contributed by atoms with Crippen LogP contribution in [0.1, 0.15) is 34.4 Å². The summed E-state index contributed by atoms with van der Waals surface area (Å²) in [6.45, 7) is 1.48. The van der Waals surface area contributed by atoms with Gasteiger partial charge in [-0.05, 0) is 25.1 Å². The van der Waals surface area contributed by atoms with Crippen molar-refractivity contribution >= 4 is 22.6 Å². The highest BCUT2D eigenvalue weighted by atomic mass is 32.1. The Morgan fingerprint density at radius 3 is 2.52 bits per heavy atom. The Morgan fingerprint density at radius 2 is 1.90 bits per heavy atom. The SMILES string of the molecule is CC(O)Cc1nsc(NC(=O)c2cc(-c3cccc(C(F)(F)F)c3)oc2C(F)(F)F)n1. The smallest absolute Gasteiger partial charge is 0.450 e. The van der Waals surface area contributed by atoms with Gasteiger partial charge in [0.25, 0.3) is 5.91 Å². The van der Waals surface area contributed by atoms with E-state index in [4.69, 9.17) is 4.42 Å². The molecule has 2 aromatic heterocycles. The van der Waals surface area contributed by atoms with E-state index in [1.54, 1.807) is 0 Å². The molecule has 0 saturated heterocycles. The van der Waals surface area contributed by atoms with Gasteiger partial charge in [0.15, 0.2) is 0 Å². The van der Waals surface area contributed by atoms with Crippen LogP contribution in [0.4, 0.5) is 31.5 Å². The average Bonchev–Trinajstić information content (AvgIpc) is 3.27. The third kappa shape index (κ3) is 5.41. The van der Waals surface area contributed by atoms with E-state index in [0.29, 0.717) is 23.7 Å². The number of anilines is 1. The van der Waals surface area contributed by atoms with Crippen LogP contribution in [-0.4, -0.2) is 26.5 Å². The number of rotatable bonds is 5. The van der Waals surface area contributed by atoms with Crippen LogP contribution in [0, 0.1) is 0 Å². The number of hydrogen-bond acceptors (Lipinski definition) is 6. The molecule has 166 valence electrons. The number of nitrogens with zero attached hydrogens (tertiary/aromatic N) is 2. The van der Waals surface area contributed by atoms with Crippen molar-refractivity contribution in [2.45, 2.75) is 31.8 Å². The molecule has 2 N–H and O–H groups in total. The standard InChI is InChI=1S/C18H13F6N3O3S/c1-8(28)5-13-25-16(31-27-13)26-15(29)11-7-12(30-14(11)18(22,23)24)9-3-2-4-10(6-9)17(19,20)21/h2-4,6-8,28H,5H2,1H3,(H,25,26,27,29). The first kappa shape index (κ1) is 22.7. The average molecular weight is 465 g/mol. The second-order valence-electron chi connectivity index (χ2n) is 6.45. The monoisotopic (exact) mass is 465 g/mol. The fraction of sp³-hybridized carbons (Fsp3) is 0.278. The predicted octanol–water partition coefficient (Wildman–Crippen LogP) is 5.01. The molecule has 1 unspecified atom stereocenters. The molecule has 3 rings (SSSR count). The summed E-state index contributed by atoms with van der Waals surface area (Å²) in [6.07, 6.45) is -10.5. The Bertz CT molecular complexity index is 1090. The van der Waals surface area contributed by atoms with Crippen molar-refractivity contribution in [3.63, 3.8) is 0 Å². The number of aromatic nitrogens is 2. The third-order valence-corrected chi connectivity index (χ3v) is 4.54. The number of nitrogens with one attached hydrogen (secondary N) is 1. The maximum absolute atomic E-state index is 13.4. The molecule has 0 radical (unpaired) electrons. The zero-order chi connectivity index (χ0) is 23.0. The summed E-state index contributed by atoms with van der Waals surface area (Å²) < 4.78 is 87.5. The van der Waals surface area contributed by atoms with E-state index in [1.807, 2.05) is 0 Å². The molecule has 2 heterocycles. The van der Waals surface area contributed by atoms with Crippen LogP contribution in [0.2, 0.25) is 0 Å². The molecular weight excluding hydrogens is 452 g/mol. The summed E-state index contributed by atoms with van der Waals surface area (Å²) in [6, 6.07) is 4.23. The molecule has 0 saturated carbocycles. The Labute approximate surface area is 174 Å². The van der Waals surface area contributed by atoms with Gasteiger partial charge in [0.1, 0.15) is 11.6 Å². The van der Waals surface area contributed by atoms with E-state index in [9.17, 15) is 36.2 Å². The molecule has 31 heavy (non-hydrogen) atoms. The van der Waals surface area contributed by atoms with Crippen molar-refractivity contribution in [2.75, 3.05) is 5.32 Å². The number of alkyl halides is 6. The van der Waals surface area contributed by atoms with Gasteiger partial charge in [-0.2, -0.15) is 30.7 Å². The summed E-state index contributed by atoms with van der Waals surface area (Å²) in [7, 11) is 0. The Balaban J connectivity index is 1.94. The molecule has 1 aromatic carbocycles. The van der Waals surface area contributed by atoms with Crippen molar-refractivity contribution in [3.8, 4) is 11.3 Å². The van der Waals surface area contributed by atoms with Crippen molar-refractivity contribution in [1.82, 2.24) is 9.36 Å². The lowest BCUT2D eigenvalue weighted by Crippen LogP contribution is -2.17.